The number of hydrogen-bond donors (Lipinski definition) is 0. The monoisotopic (exact) mass is 784 g/mol. The molecule has 5 aromatic heterocycles. The molecule has 0 N–H and O–H groups in total. The van der Waals surface area contributed by atoms with Crippen LogP contribution in [0.1, 0.15) is 52.7 Å². The van der Waals surface area contributed by atoms with Gasteiger partial charge in [-0.05, 0) is 98.8 Å². The number of pyridine rings is 1. The third-order valence-electron chi connectivity index (χ3n) is 13.6. The predicted molar refractivity (Wildman–Crippen MR) is 261 cm³/mol. The van der Waals surface area contributed by atoms with E-state index in [1.54, 1.807) is 0 Å². The first kappa shape index (κ1) is 34.7. The van der Waals surface area contributed by atoms with Crippen molar-refractivity contribution in [1.29, 1.82) is 0 Å². The van der Waals surface area contributed by atoms with Gasteiger partial charge in [0.25, 0.3) is 0 Å². The SMILES string of the molecule is CC(C)(C)c1ccc2c(c1)c1c3ccccc3cc3c4c5c6cc(C(C)(C)C)cc7c8cc9ccccc9c(N(c9ccccc9)c9ccccc9)c8n(c5ncc4n2c31)c76. The van der Waals surface area contributed by atoms with Crippen molar-refractivity contribution < 1.29 is 0 Å². The van der Waals surface area contributed by atoms with Gasteiger partial charge in [0.15, 0.2) is 0 Å². The first-order valence-corrected chi connectivity index (χ1v) is 21.6. The van der Waals surface area contributed by atoms with E-state index in [1.165, 1.54) is 97.8 Å². The number of rotatable bonds is 3. The number of hydrogen-bond acceptors (Lipinski definition) is 2. The molecule has 0 fully saturated rings. The summed E-state index contributed by atoms with van der Waals surface area (Å²) in [5, 5.41) is 15.1. The summed E-state index contributed by atoms with van der Waals surface area (Å²) >= 11 is 0. The molecule has 0 aliphatic rings. The van der Waals surface area contributed by atoms with E-state index in [4.69, 9.17) is 4.98 Å². The number of nitrogens with zero attached hydrogens (tertiary/aromatic N) is 4. The second kappa shape index (κ2) is 11.8. The van der Waals surface area contributed by atoms with Crippen molar-refractivity contribution in [3.63, 3.8) is 0 Å². The molecule has 13 aromatic rings. The van der Waals surface area contributed by atoms with Gasteiger partial charge < -0.3 is 9.30 Å². The molecule has 5 heterocycles. The van der Waals surface area contributed by atoms with E-state index in [2.05, 4.69) is 213 Å². The molecule has 4 nitrogen and oxygen atoms in total. The van der Waals surface area contributed by atoms with Crippen molar-refractivity contribution in [3.8, 4) is 0 Å². The van der Waals surface area contributed by atoms with Crippen molar-refractivity contribution in [2.75, 3.05) is 4.90 Å². The molecule has 0 aliphatic heterocycles. The van der Waals surface area contributed by atoms with Crippen LogP contribution in [-0.4, -0.2) is 13.8 Å². The minimum Gasteiger partial charge on any atom is -0.308 e. The van der Waals surface area contributed by atoms with Crippen molar-refractivity contribution in [1.82, 2.24) is 13.8 Å². The summed E-state index contributed by atoms with van der Waals surface area (Å²) in [4.78, 5) is 8.07. The molecule has 0 radical (unpaired) electrons. The van der Waals surface area contributed by atoms with Crippen LogP contribution >= 0.6 is 0 Å². The summed E-state index contributed by atoms with van der Waals surface area (Å²) in [6.45, 7) is 14.0. The second-order valence-electron chi connectivity index (χ2n) is 19.3. The zero-order valence-corrected chi connectivity index (χ0v) is 35.3. The molecule has 0 unspecified atom stereocenters. The van der Waals surface area contributed by atoms with Crippen LogP contribution in [0.2, 0.25) is 0 Å². The predicted octanol–water partition coefficient (Wildman–Crippen LogP) is 15.8. The van der Waals surface area contributed by atoms with Gasteiger partial charge in [0.2, 0.25) is 0 Å². The van der Waals surface area contributed by atoms with Crippen LogP contribution in [0.15, 0.2) is 158 Å². The van der Waals surface area contributed by atoms with Crippen molar-refractivity contribution in [2.45, 2.75) is 52.4 Å². The minimum absolute atomic E-state index is 0.0287. The summed E-state index contributed by atoms with van der Waals surface area (Å²) in [6, 6.07) is 56.5. The van der Waals surface area contributed by atoms with Crippen molar-refractivity contribution >= 4 is 115 Å². The Morgan fingerprint density at radius 2 is 0.967 bits per heavy atom. The average Bonchev–Trinajstić information content (AvgIpc) is 3.99. The van der Waals surface area contributed by atoms with E-state index in [0.29, 0.717) is 0 Å². The summed E-state index contributed by atoms with van der Waals surface area (Å²) in [5.74, 6) is 0. The van der Waals surface area contributed by atoms with Gasteiger partial charge in [0.05, 0.1) is 39.5 Å². The van der Waals surface area contributed by atoms with E-state index in [-0.39, 0.29) is 10.8 Å². The second-order valence-corrected chi connectivity index (χ2v) is 19.3. The maximum atomic E-state index is 5.62. The highest BCUT2D eigenvalue weighted by atomic mass is 15.2. The van der Waals surface area contributed by atoms with Gasteiger partial charge in [-0.2, -0.15) is 0 Å². The van der Waals surface area contributed by atoms with Crippen LogP contribution in [0.3, 0.4) is 0 Å². The highest BCUT2D eigenvalue weighted by Crippen LogP contribution is 2.52. The van der Waals surface area contributed by atoms with Gasteiger partial charge in [-0.25, -0.2) is 4.98 Å². The summed E-state index contributed by atoms with van der Waals surface area (Å²) in [5.41, 5.74) is 13.0. The van der Waals surface area contributed by atoms with Crippen LogP contribution in [0, 0.1) is 0 Å². The summed E-state index contributed by atoms with van der Waals surface area (Å²) in [6.07, 6.45) is 2.16. The van der Waals surface area contributed by atoms with Gasteiger partial charge in [0.1, 0.15) is 5.65 Å². The van der Waals surface area contributed by atoms with Crippen LogP contribution in [0.5, 0.6) is 0 Å². The maximum absolute atomic E-state index is 5.62. The lowest BCUT2D eigenvalue weighted by Gasteiger charge is -2.28. The average molecular weight is 785 g/mol. The van der Waals surface area contributed by atoms with Crippen molar-refractivity contribution in [3.05, 3.63) is 169 Å². The highest BCUT2D eigenvalue weighted by Gasteiger charge is 2.31. The van der Waals surface area contributed by atoms with Crippen molar-refractivity contribution in [2.24, 2.45) is 0 Å². The molecule has 0 saturated carbocycles. The number of benzene rings is 8. The van der Waals surface area contributed by atoms with Crippen LogP contribution in [-0.2, 0) is 10.8 Å². The molecule has 61 heavy (non-hydrogen) atoms. The Morgan fingerprint density at radius 1 is 0.410 bits per heavy atom. The number of anilines is 3. The Bertz CT molecular complexity index is 3890. The normalized spacial score (nSPS) is 13.1. The molecule has 13 rings (SSSR count). The van der Waals surface area contributed by atoms with E-state index < -0.39 is 0 Å². The molecule has 8 aromatic carbocycles. The molecular weight excluding hydrogens is 741 g/mol. The Balaban J connectivity index is 1.28. The Hall–Kier alpha value is -7.17. The lowest BCUT2D eigenvalue weighted by atomic mass is 9.85. The summed E-state index contributed by atoms with van der Waals surface area (Å²) in [7, 11) is 0. The minimum atomic E-state index is -0.0878. The molecule has 292 valence electrons. The Labute approximate surface area is 353 Å². The van der Waals surface area contributed by atoms with Gasteiger partial charge in [-0.15, -0.1) is 0 Å². The first-order valence-electron chi connectivity index (χ1n) is 21.6. The molecule has 0 amide bonds. The first-order chi connectivity index (χ1) is 29.6. The zero-order chi connectivity index (χ0) is 41.1. The highest BCUT2D eigenvalue weighted by molar-refractivity contribution is 6.38. The van der Waals surface area contributed by atoms with Crippen LogP contribution in [0.4, 0.5) is 17.1 Å². The molecular formula is C57H44N4. The molecule has 4 heteroatoms. The fourth-order valence-corrected chi connectivity index (χ4v) is 10.7. The van der Waals surface area contributed by atoms with E-state index >= 15 is 0 Å². The largest absolute Gasteiger partial charge is 0.308 e. The topological polar surface area (TPSA) is 24.9 Å². The van der Waals surface area contributed by atoms with Gasteiger partial charge in [0, 0.05) is 59.9 Å². The fourth-order valence-electron chi connectivity index (χ4n) is 10.7. The lowest BCUT2D eigenvalue weighted by Crippen LogP contribution is -2.11. The van der Waals surface area contributed by atoms with E-state index in [0.717, 1.165) is 28.2 Å². The quantitative estimate of drug-likeness (QED) is 0.178. The smallest absolute Gasteiger partial charge is 0.146 e. The Kier molecular flexibility index (Phi) is 6.69. The van der Waals surface area contributed by atoms with Gasteiger partial charge in [-0.1, -0.05) is 133 Å². The van der Waals surface area contributed by atoms with Gasteiger partial charge in [-0.3, -0.25) is 4.40 Å². The zero-order valence-electron chi connectivity index (χ0n) is 35.3. The fraction of sp³-hybridized carbons (Fsp3) is 0.140. The standard InChI is InChI=1S/C57H44N4/c1-56(2,3)35-25-26-46-43(29-35)48-39-23-15-13-17-33(39)28-44-49-47(60(46)52(44)48)32-58-55-50(49)45-31-36(57(4,5)6)30-42-41-27-34-18-14-16-24-40(34)53(54(41)61(55)51(42)45)59(37-19-9-7-10-20-37)38-21-11-8-12-22-38/h7-32H,1-6H3. The third kappa shape index (κ3) is 4.57. The lowest BCUT2D eigenvalue weighted by molar-refractivity contribution is 0.591. The molecule has 0 bridgehead atoms. The maximum Gasteiger partial charge on any atom is 0.146 e. The van der Waals surface area contributed by atoms with E-state index in [1.807, 2.05) is 0 Å². The van der Waals surface area contributed by atoms with Crippen LogP contribution in [0.25, 0.3) is 97.9 Å². The molecule has 0 saturated heterocycles. The summed E-state index contributed by atoms with van der Waals surface area (Å²) < 4.78 is 5.03. The molecule has 0 aliphatic carbocycles. The molecule has 0 atom stereocenters. The number of para-hydroxylation sites is 2. The number of fused-ring (bicyclic) bond motifs is 16. The van der Waals surface area contributed by atoms with E-state index in [9.17, 15) is 0 Å². The van der Waals surface area contributed by atoms with Crippen LogP contribution < -0.4 is 4.90 Å². The number of aromatic nitrogens is 3. The van der Waals surface area contributed by atoms with Gasteiger partial charge >= 0.3 is 0 Å². The molecule has 0 spiro atoms. The Morgan fingerprint density at radius 3 is 1.66 bits per heavy atom. The third-order valence-corrected chi connectivity index (χ3v) is 13.6.